The molecule has 1 aliphatic carbocycles. The van der Waals surface area contributed by atoms with Crippen LogP contribution in [0.25, 0.3) is 6.08 Å². The van der Waals surface area contributed by atoms with Crippen molar-refractivity contribution >= 4 is 60.8 Å². The molecule has 173 valence electrons. The molecule has 1 fully saturated rings. The Morgan fingerprint density at radius 1 is 1.09 bits per heavy atom. The fourth-order valence-electron chi connectivity index (χ4n) is 4.03. The third-order valence-corrected chi connectivity index (χ3v) is 10.2. The molecule has 2 aromatic carbocycles. The number of rotatable bonds is 9. The van der Waals surface area contributed by atoms with Crippen molar-refractivity contribution in [3.63, 3.8) is 0 Å². The van der Waals surface area contributed by atoms with Crippen LogP contribution in [0.2, 0.25) is 5.21 Å². The molecule has 0 aliphatic heterocycles. The number of hydrogen-bond donors (Lipinski definition) is 1. The van der Waals surface area contributed by atoms with E-state index >= 15 is 0 Å². The Balaban J connectivity index is 1.51. The van der Waals surface area contributed by atoms with Crippen molar-refractivity contribution in [1.82, 2.24) is 3.82 Å². The second-order valence-corrected chi connectivity index (χ2v) is 12.2. The van der Waals surface area contributed by atoms with E-state index in [2.05, 4.69) is 39.8 Å². The van der Waals surface area contributed by atoms with Gasteiger partial charge in [0.15, 0.2) is 0 Å². The normalized spacial score (nSPS) is 14.9. The minimum absolute atomic E-state index is 0.0967. The molecule has 0 spiro atoms. The number of carbonyl (C=O) groups excluding carboxylic acids is 2. The van der Waals surface area contributed by atoms with Crippen LogP contribution in [0, 0.1) is 5.92 Å². The second-order valence-electron chi connectivity index (χ2n) is 8.92. The molecule has 1 aliphatic rings. The molecule has 2 aromatic rings. The molecule has 2 amide bonds. The molecule has 6 heteroatoms. The third kappa shape index (κ3) is 8.51. The van der Waals surface area contributed by atoms with Crippen molar-refractivity contribution in [3.8, 4) is 0 Å². The summed E-state index contributed by atoms with van der Waals surface area (Å²) in [6.45, 7) is 4.26. The molecule has 0 unspecified atom stereocenters. The van der Waals surface area contributed by atoms with Crippen LogP contribution >= 0.6 is 0 Å². The number of hydrogen-bond acceptors (Lipinski definition) is 2. The molecule has 4 nitrogen and oxygen atoms in total. The van der Waals surface area contributed by atoms with Gasteiger partial charge in [0.25, 0.3) is 0 Å². The van der Waals surface area contributed by atoms with E-state index in [1.807, 2.05) is 48.5 Å². The van der Waals surface area contributed by atoms with Gasteiger partial charge in [0.1, 0.15) is 0 Å². The van der Waals surface area contributed by atoms with Gasteiger partial charge in [0, 0.05) is 0 Å². The van der Waals surface area contributed by atoms with Crippen LogP contribution < -0.4 is 9.67 Å². The van der Waals surface area contributed by atoms with Crippen LogP contribution in [0.5, 0.6) is 0 Å². The van der Waals surface area contributed by atoms with Gasteiger partial charge in [-0.05, 0) is 0 Å². The Hall–Kier alpha value is -1.76. The monoisotopic (exact) mass is 567 g/mol. The van der Waals surface area contributed by atoms with Gasteiger partial charge < -0.3 is 0 Å². The Kier molecular flexibility index (Phi) is 10.3. The van der Waals surface area contributed by atoms with E-state index in [0.29, 0.717) is 6.42 Å². The average Bonchev–Trinajstić information content (AvgIpc) is 2.81. The van der Waals surface area contributed by atoms with Crippen LogP contribution in [0.3, 0.4) is 0 Å². The van der Waals surface area contributed by atoms with E-state index in [4.69, 9.17) is 0 Å². The molecule has 0 aromatic heterocycles. The SMILES string of the molecule is CC(C)N([As]CC1CCCCC1)C(=O)Cc1ccc(/C=C/C(=O)Nc2ccccc2[As])cc1. The van der Waals surface area contributed by atoms with E-state index < -0.39 is 0 Å². The van der Waals surface area contributed by atoms with Gasteiger partial charge in [-0.1, -0.05) is 0 Å². The number of para-hydroxylation sites is 1. The summed E-state index contributed by atoms with van der Waals surface area (Å²) in [7, 11) is 0. The molecule has 1 N–H and O–H groups in total. The first-order valence-electron chi connectivity index (χ1n) is 11.8. The zero-order valence-electron chi connectivity index (χ0n) is 19.5. The first kappa shape index (κ1) is 25.9. The summed E-state index contributed by atoms with van der Waals surface area (Å²) < 4.78 is 3.10. The van der Waals surface area contributed by atoms with E-state index in [0.717, 1.165) is 27.1 Å². The van der Waals surface area contributed by atoms with Gasteiger partial charge in [0.05, 0.1) is 0 Å². The Morgan fingerprint density at radius 2 is 1.79 bits per heavy atom. The van der Waals surface area contributed by atoms with E-state index in [1.54, 1.807) is 6.08 Å². The van der Waals surface area contributed by atoms with E-state index in [9.17, 15) is 9.59 Å². The summed E-state index contributed by atoms with van der Waals surface area (Å²) in [6.07, 6.45) is 10.5. The topological polar surface area (TPSA) is 49.4 Å². The van der Waals surface area contributed by atoms with Gasteiger partial charge in [-0.15, -0.1) is 0 Å². The average molecular weight is 567 g/mol. The summed E-state index contributed by atoms with van der Waals surface area (Å²) in [5.41, 5.74) is 2.75. The maximum absolute atomic E-state index is 13.0. The molecule has 0 atom stereocenters. The number of anilines is 1. The van der Waals surface area contributed by atoms with Crippen LogP contribution in [0.1, 0.15) is 57.1 Å². The first-order chi connectivity index (χ1) is 15.9. The molecule has 1 saturated carbocycles. The number of benzene rings is 2. The van der Waals surface area contributed by atoms with Crippen molar-refractivity contribution in [3.05, 3.63) is 65.7 Å². The zero-order chi connectivity index (χ0) is 23.6. The van der Waals surface area contributed by atoms with Crippen molar-refractivity contribution in [2.75, 3.05) is 5.32 Å². The maximum atomic E-state index is 13.0. The summed E-state index contributed by atoms with van der Waals surface area (Å²) >= 11 is 2.36. The molecular weight excluding hydrogens is 534 g/mol. The summed E-state index contributed by atoms with van der Waals surface area (Å²) in [5, 5.41) is 4.10. The van der Waals surface area contributed by atoms with Crippen molar-refractivity contribution in [1.29, 1.82) is 0 Å². The molecule has 3 rings (SSSR count). The quantitative estimate of drug-likeness (QED) is 0.358. The van der Waals surface area contributed by atoms with Gasteiger partial charge in [-0.2, -0.15) is 0 Å². The van der Waals surface area contributed by atoms with E-state index in [-0.39, 0.29) is 33.8 Å². The van der Waals surface area contributed by atoms with Crippen LogP contribution in [-0.4, -0.2) is 54.5 Å². The fraction of sp³-hybridized carbons (Fsp3) is 0.407. The first-order valence-corrected chi connectivity index (χ1v) is 14.9. The fourth-order valence-corrected chi connectivity index (χ4v) is 7.27. The third-order valence-electron chi connectivity index (χ3n) is 5.89. The molecule has 33 heavy (non-hydrogen) atoms. The predicted octanol–water partition coefficient (Wildman–Crippen LogP) is 4.53. The van der Waals surface area contributed by atoms with Crippen LogP contribution in [-0.2, 0) is 16.0 Å². The summed E-state index contributed by atoms with van der Waals surface area (Å²) in [5.74, 6) is 0.891. The van der Waals surface area contributed by atoms with Gasteiger partial charge in [-0.25, -0.2) is 0 Å². The number of nitrogens with zero attached hydrogens (tertiary/aromatic N) is 1. The van der Waals surface area contributed by atoms with E-state index in [1.165, 1.54) is 43.4 Å². The van der Waals surface area contributed by atoms with Gasteiger partial charge in [0.2, 0.25) is 0 Å². The Labute approximate surface area is 214 Å². The van der Waals surface area contributed by atoms with Gasteiger partial charge in [-0.3, -0.25) is 0 Å². The van der Waals surface area contributed by atoms with Gasteiger partial charge >= 0.3 is 215 Å². The van der Waals surface area contributed by atoms with Crippen molar-refractivity contribution < 1.29 is 9.59 Å². The number of nitrogens with one attached hydrogen (secondary N) is 1. The van der Waals surface area contributed by atoms with Crippen LogP contribution in [0.4, 0.5) is 5.69 Å². The summed E-state index contributed by atoms with van der Waals surface area (Å²) in [4.78, 5) is 25.2. The minimum atomic E-state index is -0.165. The predicted molar refractivity (Wildman–Crippen MR) is 139 cm³/mol. The second kappa shape index (κ2) is 13.2. The molecule has 0 heterocycles. The van der Waals surface area contributed by atoms with Crippen molar-refractivity contribution in [2.45, 2.75) is 63.6 Å². The van der Waals surface area contributed by atoms with Crippen molar-refractivity contribution in [2.24, 2.45) is 5.92 Å². The standard InChI is InChI=1S/C27H33As2N2O2/c1-20(2)31(29-19-23-8-4-3-5-9-23)27(33)18-22-14-12-21(13-15-22)16-17-26(32)30-25-11-7-6-10-24(25)28/h6-7,10-17,20,23H,3-5,8-9,18-19H2,1-2H3,(H,30,32)/b17-16+. The Bertz CT molecular complexity index is 951. The zero-order valence-corrected chi connectivity index (χ0v) is 23.3. The molecule has 3 radical (unpaired) electrons. The molecule has 0 saturated heterocycles. The summed E-state index contributed by atoms with van der Waals surface area (Å²) in [6, 6.07) is 15.8. The number of amides is 2. The van der Waals surface area contributed by atoms with Crippen LogP contribution in [0.15, 0.2) is 54.6 Å². The molecular formula is C27H33As2N2O2. The number of carbonyl (C=O) groups is 2. The molecule has 0 bridgehead atoms. The Morgan fingerprint density at radius 3 is 2.45 bits per heavy atom.